The first kappa shape index (κ1) is 19.9. The Morgan fingerprint density at radius 1 is 1.41 bits per heavy atom. The van der Waals surface area contributed by atoms with E-state index in [1.807, 2.05) is 16.4 Å². The Morgan fingerprint density at radius 3 is 2.83 bits per heavy atom. The first-order valence-corrected chi connectivity index (χ1v) is 11.7. The van der Waals surface area contributed by atoms with E-state index in [0.29, 0.717) is 23.8 Å². The maximum absolute atomic E-state index is 12.5. The highest BCUT2D eigenvalue weighted by atomic mass is 35.5. The first-order chi connectivity index (χ1) is 13.7. The number of aromatic nitrogens is 4. The Hall–Kier alpha value is -2.42. The second kappa shape index (κ2) is 7.44. The molecule has 0 spiro atoms. The van der Waals surface area contributed by atoms with Crippen LogP contribution in [-0.2, 0) is 16.1 Å². The minimum absolute atomic E-state index is 0.150. The van der Waals surface area contributed by atoms with E-state index in [1.54, 1.807) is 19.4 Å². The summed E-state index contributed by atoms with van der Waals surface area (Å²) in [5, 5.41) is 8.03. The quantitative estimate of drug-likeness (QED) is 0.479. The van der Waals surface area contributed by atoms with Crippen molar-refractivity contribution in [3.8, 4) is 0 Å². The third-order valence-electron chi connectivity index (χ3n) is 5.09. The number of rotatable bonds is 5. The van der Waals surface area contributed by atoms with Gasteiger partial charge in [-0.3, -0.25) is 14.1 Å². The molecule has 9 heteroatoms. The van der Waals surface area contributed by atoms with Crippen LogP contribution in [0.4, 0.5) is 0 Å². The van der Waals surface area contributed by atoms with Crippen LogP contribution in [0, 0.1) is 6.92 Å². The van der Waals surface area contributed by atoms with E-state index in [2.05, 4.69) is 32.1 Å². The molecule has 1 atom stereocenters. The molecule has 0 saturated heterocycles. The van der Waals surface area contributed by atoms with Gasteiger partial charge in [0.05, 0.1) is 10.7 Å². The van der Waals surface area contributed by atoms with Crippen molar-refractivity contribution in [1.29, 1.82) is 0 Å². The SMILES string of the molecule is C=S(C)(=O)N1CC=C(c2cc3cc(CC(=O)c4n[nH]c(C)c4Cl)cnc3[nH]2)CC1. The molecule has 1 unspecified atom stereocenters. The van der Waals surface area contributed by atoms with E-state index in [0.717, 1.165) is 28.7 Å². The molecule has 0 amide bonds. The number of hydrogen-bond acceptors (Lipinski definition) is 4. The van der Waals surface area contributed by atoms with Crippen molar-refractivity contribution in [1.82, 2.24) is 24.5 Å². The van der Waals surface area contributed by atoms with Gasteiger partial charge in [0.1, 0.15) is 11.3 Å². The topological polar surface area (TPSA) is 94.7 Å². The Bertz CT molecular complexity index is 1240. The standard InChI is InChI=1S/C20H22ClN5O2S/c1-12-18(21)19(25-24-12)17(27)9-13-8-15-10-16(23-20(15)22-11-13)14-4-6-26(7-5-14)29(2,3)28/h4,8,10-11H,2,5-7,9H2,1,3H3,(H,22,23)(H,24,25). The number of Topliss-reactive ketones (excluding diaryl/α,β-unsaturated/α-hetero) is 1. The lowest BCUT2D eigenvalue weighted by Crippen LogP contribution is -2.33. The summed E-state index contributed by atoms with van der Waals surface area (Å²) in [6.45, 7) is 3.09. The van der Waals surface area contributed by atoms with Crippen molar-refractivity contribution in [3.63, 3.8) is 0 Å². The molecule has 3 aromatic heterocycles. The minimum atomic E-state index is -2.18. The maximum Gasteiger partial charge on any atom is 0.189 e. The number of ketones is 1. The highest BCUT2D eigenvalue weighted by Crippen LogP contribution is 2.26. The molecular formula is C20H22ClN5O2S. The van der Waals surface area contributed by atoms with Crippen LogP contribution in [-0.4, -0.2) is 59.7 Å². The van der Waals surface area contributed by atoms with Gasteiger partial charge in [-0.2, -0.15) is 5.10 Å². The van der Waals surface area contributed by atoms with E-state index < -0.39 is 9.71 Å². The lowest BCUT2D eigenvalue weighted by Gasteiger charge is -2.26. The zero-order valence-corrected chi connectivity index (χ0v) is 17.9. The summed E-state index contributed by atoms with van der Waals surface area (Å²) >= 11 is 6.13. The van der Waals surface area contributed by atoms with Gasteiger partial charge in [0.25, 0.3) is 0 Å². The number of aromatic amines is 2. The largest absolute Gasteiger partial charge is 0.339 e. The van der Waals surface area contributed by atoms with Crippen LogP contribution in [0.2, 0.25) is 5.02 Å². The van der Waals surface area contributed by atoms with Gasteiger partial charge in [-0.15, -0.1) is 0 Å². The van der Waals surface area contributed by atoms with Crippen LogP contribution in [0.25, 0.3) is 16.6 Å². The molecule has 4 heterocycles. The zero-order chi connectivity index (χ0) is 20.8. The van der Waals surface area contributed by atoms with Gasteiger partial charge in [0, 0.05) is 52.8 Å². The predicted molar refractivity (Wildman–Crippen MR) is 118 cm³/mol. The van der Waals surface area contributed by atoms with Crippen LogP contribution in [0.3, 0.4) is 0 Å². The Labute approximate surface area is 174 Å². The Balaban J connectivity index is 1.55. The molecule has 0 saturated carbocycles. The number of aryl methyl sites for hydroxylation is 1. The average Bonchev–Trinajstić information content (AvgIpc) is 3.24. The fourth-order valence-electron chi connectivity index (χ4n) is 3.45. The fourth-order valence-corrected chi connectivity index (χ4v) is 4.50. The van der Waals surface area contributed by atoms with Crippen molar-refractivity contribution in [3.05, 3.63) is 52.1 Å². The third kappa shape index (κ3) is 4.01. The van der Waals surface area contributed by atoms with Gasteiger partial charge in [-0.25, -0.2) is 9.29 Å². The lowest BCUT2D eigenvalue weighted by molar-refractivity contribution is 0.0988. The van der Waals surface area contributed by atoms with Crippen LogP contribution in [0.15, 0.2) is 24.4 Å². The maximum atomic E-state index is 12.5. The smallest absolute Gasteiger partial charge is 0.189 e. The van der Waals surface area contributed by atoms with Gasteiger partial charge in [0.2, 0.25) is 0 Å². The van der Waals surface area contributed by atoms with Gasteiger partial charge >= 0.3 is 0 Å². The number of hydrogen-bond donors (Lipinski definition) is 2. The summed E-state index contributed by atoms with van der Waals surface area (Å²) in [4.78, 5) is 20.3. The summed E-state index contributed by atoms with van der Waals surface area (Å²) in [5.41, 5.74) is 4.67. The van der Waals surface area contributed by atoms with Gasteiger partial charge in [-0.05, 0) is 42.5 Å². The molecule has 0 fully saturated rings. The molecule has 4 rings (SSSR count). The third-order valence-corrected chi connectivity index (χ3v) is 6.98. The molecular weight excluding hydrogens is 410 g/mol. The van der Waals surface area contributed by atoms with E-state index in [1.165, 1.54) is 5.57 Å². The van der Waals surface area contributed by atoms with Crippen molar-refractivity contribution >= 4 is 49.6 Å². The lowest BCUT2D eigenvalue weighted by atomic mass is 10.1. The van der Waals surface area contributed by atoms with Crippen molar-refractivity contribution < 1.29 is 9.00 Å². The minimum Gasteiger partial charge on any atom is -0.339 e. The zero-order valence-electron chi connectivity index (χ0n) is 16.3. The van der Waals surface area contributed by atoms with E-state index >= 15 is 0 Å². The van der Waals surface area contributed by atoms with Crippen molar-refractivity contribution in [2.24, 2.45) is 0 Å². The molecule has 0 aliphatic carbocycles. The number of pyridine rings is 1. The molecule has 0 bridgehead atoms. The number of fused-ring (bicyclic) bond motifs is 1. The molecule has 1 aliphatic rings. The Morgan fingerprint density at radius 2 is 2.21 bits per heavy atom. The summed E-state index contributed by atoms with van der Waals surface area (Å²) in [5.74, 6) is 3.60. The first-order valence-electron chi connectivity index (χ1n) is 9.20. The molecule has 152 valence electrons. The molecule has 0 aromatic carbocycles. The predicted octanol–water partition coefficient (Wildman–Crippen LogP) is 3.02. The second-order valence-electron chi connectivity index (χ2n) is 7.40. The fraction of sp³-hybridized carbons (Fsp3) is 0.300. The molecule has 29 heavy (non-hydrogen) atoms. The number of halogens is 1. The van der Waals surface area contributed by atoms with Crippen molar-refractivity contribution in [2.45, 2.75) is 19.8 Å². The van der Waals surface area contributed by atoms with Gasteiger partial charge < -0.3 is 4.98 Å². The summed E-state index contributed by atoms with van der Waals surface area (Å²) < 4.78 is 14.0. The molecule has 0 radical (unpaired) electrons. The van der Waals surface area contributed by atoms with Gasteiger partial charge in [0.15, 0.2) is 5.78 Å². The summed E-state index contributed by atoms with van der Waals surface area (Å²) in [7, 11) is -2.18. The highest BCUT2D eigenvalue weighted by molar-refractivity contribution is 7.97. The van der Waals surface area contributed by atoms with Crippen molar-refractivity contribution in [2.75, 3.05) is 19.3 Å². The monoisotopic (exact) mass is 431 g/mol. The highest BCUT2D eigenvalue weighted by Gasteiger charge is 2.19. The van der Waals surface area contributed by atoms with E-state index in [9.17, 15) is 9.00 Å². The van der Waals surface area contributed by atoms with E-state index in [4.69, 9.17) is 11.6 Å². The number of nitrogens with zero attached hydrogens (tertiary/aromatic N) is 3. The number of carbonyl (C=O) groups excluding carboxylic acids is 1. The molecule has 1 aliphatic heterocycles. The summed E-state index contributed by atoms with van der Waals surface area (Å²) in [6, 6.07) is 4.00. The van der Waals surface area contributed by atoms with Gasteiger partial charge in [-0.1, -0.05) is 17.7 Å². The summed E-state index contributed by atoms with van der Waals surface area (Å²) in [6.07, 6.45) is 6.41. The number of H-pyrrole nitrogens is 2. The van der Waals surface area contributed by atoms with Crippen LogP contribution in [0.1, 0.15) is 33.9 Å². The Kier molecular flexibility index (Phi) is 5.10. The molecule has 2 N–H and O–H groups in total. The van der Waals surface area contributed by atoms with Crippen LogP contribution >= 0.6 is 11.6 Å². The second-order valence-corrected chi connectivity index (χ2v) is 10.2. The molecule has 7 nitrogen and oxygen atoms in total. The van der Waals surface area contributed by atoms with E-state index in [-0.39, 0.29) is 17.9 Å². The van der Waals surface area contributed by atoms with Crippen LogP contribution in [0.5, 0.6) is 0 Å². The normalized spacial score (nSPS) is 17.3. The van der Waals surface area contributed by atoms with Crippen LogP contribution < -0.4 is 0 Å². The average molecular weight is 432 g/mol. The molecule has 3 aromatic rings. The number of nitrogens with one attached hydrogen (secondary N) is 2. The number of carbonyl (C=O) groups is 1.